The third-order valence-corrected chi connectivity index (χ3v) is 2.77. The lowest BCUT2D eigenvalue weighted by molar-refractivity contribution is 0.171. The van der Waals surface area contributed by atoms with E-state index >= 15 is 0 Å². The first kappa shape index (κ1) is 12.9. The van der Waals surface area contributed by atoms with E-state index in [2.05, 4.69) is 4.98 Å². The Morgan fingerprint density at radius 3 is 2.39 bits per heavy atom. The first-order chi connectivity index (χ1) is 8.58. The molecule has 5 heteroatoms. The second kappa shape index (κ2) is 5.42. The van der Waals surface area contributed by atoms with Crippen LogP contribution in [0, 0.1) is 11.6 Å². The highest BCUT2D eigenvalue weighted by Crippen LogP contribution is 2.21. The highest BCUT2D eigenvalue weighted by Gasteiger charge is 2.16. The Balaban J connectivity index is 2.21. The van der Waals surface area contributed by atoms with Crippen LogP contribution in [0.3, 0.4) is 0 Å². The van der Waals surface area contributed by atoms with E-state index in [9.17, 15) is 13.9 Å². The number of halogens is 3. The maximum Gasteiger partial charge on any atom is 0.129 e. The quantitative estimate of drug-likeness (QED) is 0.927. The second-order valence-corrected chi connectivity index (χ2v) is 4.26. The summed E-state index contributed by atoms with van der Waals surface area (Å²) in [5.41, 5.74) is 0.170. The second-order valence-electron chi connectivity index (χ2n) is 3.82. The molecule has 18 heavy (non-hydrogen) atoms. The molecule has 0 spiro atoms. The van der Waals surface area contributed by atoms with E-state index in [4.69, 9.17) is 11.6 Å². The summed E-state index contributed by atoms with van der Waals surface area (Å²) in [6, 6.07) is 6.67. The molecule has 0 fully saturated rings. The minimum absolute atomic E-state index is 0.151. The highest BCUT2D eigenvalue weighted by molar-refractivity contribution is 6.30. The predicted molar refractivity (Wildman–Crippen MR) is 64.3 cm³/mol. The average molecular weight is 270 g/mol. The van der Waals surface area contributed by atoms with Crippen molar-refractivity contribution in [2.75, 3.05) is 0 Å². The number of aliphatic hydroxyl groups is 1. The van der Waals surface area contributed by atoms with Crippen LogP contribution in [-0.2, 0) is 6.42 Å². The summed E-state index contributed by atoms with van der Waals surface area (Å²) in [6.07, 6.45) is 0.124. The van der Waals surface area contributed by atoms with Crippen LogP contribution in [0.4, 0.5) is 8.78 Å². The molecule has 0 radical (unpaired) electrons. The van der Waals surface area contributed by atoms with Crippen LogP contribution in [-0.4, -0.2) is 10.1 Å². The van der Waals surface area contributed by atoms with Crippen LogP contribution in [0.1, 0.15) is 17.4 Å². The number of hydrogen-bond donors (Lipinski definition) is 1. The summed E-state index contributed by atoms with van der Waals surface area (Å²) >= 11 is 5.66. The van der Waals surface area contributed by atoms with Crippen molar-refractivity contribution in [3.63, 3.8) is 0 Å². The monoisotopic (exact) mass is 269 g/mol. The van der Waals surface area contributed by atoms with Gasteiger partial charge in [0.2, 0.25) is 0 Å². The summed E-state index contributed by atoms with van der Waals surface area (Å²) in [5, 5.41) is 10.3. The maximum atomic E-state index is 13.4. The smallest absolute Gasteiger partial charge is 0.129 e. The molecule has 1 atom stereocenters. The highest BCUT2D eigenvalue weighted by atomic mass is 35.5. The van der Waals surface area contributed by atoms with Crippen molar-refractivity contribution in [2.45, 2.75) is 12.5 Å². The van der Waals surface area contributed by atoms with Gasteiger partial charge in [-0.15, -0.1) is 0 Å². The summed E-state index contributed by atoms with van der Waals surface area (Å²) in [6.45, 7) is 0. The number of pyridine rings is 1. The number of aromatic nitrogens is 1. The van der Waals surface area contributed by atoms with Crippen molar-refractivity contribution in [1.82, 2.24) is 4.98 Å². The fraction of sp³-hybridized carbons (Fsp3) is 0.154. The molecule has 1 unspecified atom stereocenters. The third kappa shape index (κ3) is 2.83. The van der Waals surface area contributed by atoms with Gasteiger partial charge in [-0.2, -0.15) is 0 Å². The van der Waals surface area contributed by atoms with Crippen LogP contribution in [0.5, 0.6) is 0 Å². The van der Waals surface area contributed by atoms with Gasteiger partial charge in [-0.25, -0.2) is 8.78 Å². The topological polar surface area (TPSA) is 33.1 Å². The van der Waals surface area contributed by atoms with Gasteiger partial charge in [0.05, 0.1) is 10.7 Å². The summed E-state index contributed by atoms with van der Waals surface area (Å²) < 4.78 is 26.8. The van der Waals surface area contributed by atoms with Crippen molar-refractivity contribution in [1.29, 1.82) is 0 Å². The molecule has 2 rings (SSSR count). The lowest BCUT2D eigenvalue weighted by atomic mass is 10.0. The summed E-state index contributed by atoms with van der Waals surface area (Å²) in [4.78, 5) is 3.91. The minimum Gasteiger partial charge on any atom is -0.386 e. The van der Waals surface area contributed by atoms with E-state index in [-0.39, 0.29) is 12.0 Å². The van der Waals surface area contributed by atoms with Crippen molar-refractivity contribution in [2.24, 2.45) is 0 Å². The molecule has 1 aromatic heterocycles. The van der Waals surface area contributed by atoms with E-state index < -0.39 is 17.7 Å². The number of hydrogen-bond acceptors (Lipinski definition) is 2. The molecular weight excluding hydrogens is 260 g/mol. The van der Waals surface area contributed by atoms with Gasteiger partial charge in [0.25, 0.3) is 0 Å². The molecule has 0 bridgehead atoms. The largest absolute Gasteiger partial charge is 0.386 e. The van der Waals surface area contributed by atoms with Crippen LogP contribution in [0.15, 0.2) is 36.5 Å². The molecule has 0 saturated carbocycles. The van der Waals surface area contributed by atoms with E-state index in [0.717, 1.165) is 12.1 Å². The van der Waals surface area contributed by atoms with E-state index in [1.54, 1.807) is 6.07 Å². The Morgan fingerprint density at radius 1 is 1.17 bits per heavy atom. The number of rotatable bonds is 3. The van der Waals surface area contributed by atoms with Gasteiger partial charge in [0.1, 0.15) is 17.7 Å². The molecule has 94 valence electrons. The molecule has 0 aliphatic heterocycles. The van der Waals surface area contributed by atoms with Gasteiger partial charge >= 0.3 is 0 Å². The molecule has 0 saturated heterocycles. The van der Waals surface area contributed by atoms with Crippen LogP contribution >= 0.6 is 11.6 Å². The van der Waals surface area contributed by atoms with E-state index in [1.807, 2.05) is 0 Å². The first-order valence-electron chi connectivity index (χ1n) is 5.30. The zero-order chi connectivity index (χ0) is 13.1. The fourth-order valence-electron chi connectivity index (χ4n) is 1.61. The SMILES string of the molecule is OC(Cc1c(F)cccc1F)c1ccc(Cl)cn1. The van der Waals surface area contributed by atoms with Gasteiger partial charge in [-0.3, -0.25) is 4.98 Å². The lowest BCUT2D eigenvalue weighted by Crippen LogP contribution is -2.07. The maximum absolute atomic E-state index is 13.4. The molecule has 0 aliphatic carbocycles. The van der Waals surface area contributed by atoms with E-state index in [0.29, 0.717) is 10.7 Å². The first-order valence-corrected chi connectivity index (χ1v) is 5.68. The fourth-order valence-corrected chi connectivity index (χ4v) is 1.72. The number of aliphatic hydroxyl groups excluding tert-OH is 1. The van der Waals surface area contributed by atoms with Crippen molar-refractivity contribution >= 4 is 11.6 Å². The molecular formula is C13H10ClF2NO. The molecule has 1 heterocycles. The Hall–Kier alpha value is -1.52. The van der Waals surface area contributed by atoms with Gasteiger partial charge in [0, 0.05) is 18.2 Å². The number of nitrogens with zero attached hydrogens (tertiary/aromatic N) is 1. The van der Waals surface area contributed by atoms with Crippen LogP contribution in [0.2, 0.25) is 5.02 Å². The van der Waals surface area contributed by atoms with Gasteiger partial charge < -0.3 is 5.11 Å². The van der Waals surface area contributed by atoms with Crippen molar-refractivity contribution in [3.05, 3.63) is 64.4 Å². The van der Waals surface area contributed by atoms with Crippen LogP contribution in [0.25, 0.3) is 0 Å². The molecule has 1 N–H and O–H groups in total. The predicted octanol–water partition coefficient (Wildman–Crippen LogP) is 3.29. The third-order valence-electron chi connectivity index (χ3n) is 2.55. The zero-order valence-electron chi connectivity index (χ0n) is 9.28. The zero-order valence-corrected chi connectivity index (χ0v) is 10.0. The minimum atomic E-state index is -1.08. The van der Waals surface area contributed by atoms with Gasteiger partial charge in [0.15, 0.2) is 0 Å². The normalized spacial score (nSPS) is 12.4. The standard InChI is InChI=1S/C13H10ClF2NO/c14-8-4-5-12(17-7-8)13(18)6-9-10(15)2-1-3-11(9)16/h1-5,7,13,18H,6H2. The molecule has 0 aliphatic rings. The van der Waals surface area contributed by atoms with Crippen molar-refractivity contribution in [3.8, 4) is 0 Å². The van der Waals surface area contributed by atoms with Gasteiger partial charge in [-0.1, -0.05) is 17.7 Å². The molecule has 1 aromatic carbocycles. The summed E-state index contributed by atoms with van der Waals surface area (Å²) in [7, 11) is 0. The summed E-state index contributed by atoms with van der Waals surface area (Å²) in [5.74, 6) is -1.36. The van der Waals surface area contributed by atoms with Crippen LogP contribution < -0.4 is 0 Å². The molecule has 2 nitrogen and oxygen atoms in total. The Labute approximate surface area is 108 Å². The van der Waals surface area contributed by atoms with Gasteiger partial charge in [-0.05, 0) is 24.3 Å². The Kier molecular flexibility index (Phi) is 3.89. The average Bonchev–Trinajstić information content (AvgIpc) is 2.34. The Bertz CT molecular complexity index is 525. The van der Waals surface area contributed by atoms with Crippen molar-refractivity contribution < 1.29 is 13.9 Å². The molecule has 0 amide bonds. The molecule has 2 aromatic rings. The van der Waals surface area contributed by atoms with E-state index in [1.165, 1.54) is 18.3 Å². The Morgan fingerprint density at radius 2 is 1.83 bits per heavy atom. The number of benzene rings is 1. The lowest BCUT2D eigenvalue weighted by Gasteiger charge is -2.11.